The Morgan fingerprint density at radius 1 is 0.875 bits per heavy atom. The van der Waals surface area contributed by atoms with E-state index in [1.54, 1.807) is 12.1 Å². The van der Waals surface area contributed by atoms with E-state index in [0.29, 0.717) is 15.8 Å². The lowest BCUT2D eigenvalue weighted by molar-refractivity contribution is -0.115. The van der Waals surface area contributed by atoms with Crippen LogP contribution in [0.1, 0.15) is 5.56 Å². The highest BCUT2D eigenvalue weighted by Gasteiger charge is 2.23. The van der Waals surface area contributed by atoms with E-state index < -0.39 is 0 Å². The van der Waals surface area contributed by atoms with Gasteiger partial charge in [-0.25, -0.2) is 9.38 Å². The first-order chi connectivity index (χ1) is 15.6. The van der Waals surface area contributed by atoms with Crippen LogP contribution in [0.15, 0.2) is 107 Å². The van der Waals surface area contributed by atoms with Crippen molar-refractivity contribution < 1.29 is 9.18 Å². The minimum atomic E-state index is -0.364. The van der Waals surface area contributed by atoms with Crippen LogP contribution in [0.5, 0.6) is 0 Å². The second-order valence-electron chi connectivity index (χ2n) is 7.22. The number of benzene rings is 3. The van der Waals surface area contributed by atoms with Crippen LogP contribution in [-0.4, -0.2) is 15.6 Å². The number of aliphatic imine (C=N–C) groups is 1. The van der Waals surface area contributed by atoms with Crippen molar-refractivity contribution in [2.24, 2.45) is 4.99 Å². The third-order valence-corrected chi connectivity index (χ3v) is 5.91. The van der Waals surface area contributed by atoms with E-state index in [1.807, 2.05) is 54.9 Å². The van der Waals surface area contributed by atoms with Gasteiger partial charge in [0.2, 0.25) is 0 Å². The van der Waals surface area contributed by atoms with Crippen LogP contribution in [0, 0.1) is 5.82 Å². The van der Waals surface area contributed by atoms with Crippen LogP contribution in [0.2, 0.25) is 0 Å². The van der Waals surface area contributed by atoms with Gasteiger partial charge in [0.05, 0.1) is 10.6 Å². The normalized spacial score (nSPS) is 16.0. The van der Waals surface area contributed by atoms with Gasteiger partial charge in [-0.1, -0.05) is 42.5 Å². The molecule has 1 aliphatic heterocycles. The number of nitrogens with one attached hydrogen (secondary N) is 1. The molecule has 4 aromatic rings. The Kier molecular flexibility index (Phi) is 5.44. The summed E-state index contributed by atoms with van der Waals surface area (Å²) in [6, 6.07) is 26.4. The summed E-state index contributed by atoms with van der Waals surface area (Å²) in [6.45, 7) is 0. The number of hydrogen-bond acceptors (Lipinski definition) is 3. The van der Waals surface area contributed by atoms with Gasteiger partial charge in [0.1, 0.15) is 5.82 Å². The number of rotatable bonds is 4. The van der Waals surface area contributed by atoms with Crippen molar-refractivity contribution in [3.63, 3.8) is 0 Å². The number of carbonyl (C=O) groups is 1. The summed E-state index contributed by atoms with van der Waals surface area (Å²) >= 11 is 1.24. The van der Waals surface area contributed by atoms with E-state index in [4.69, 9.17) is 0 Å². The maximum Gasteiger partial charge on any atom is 0.264 e. The average Bonchev–Trinajstić information content (AvgIpc) is 3.45. The molecule has 0 bridgehead atoms. The highest BCUT2D eigenvalue weighted by atomic mass is 32.2. The van der Waals surface area contributed by atoms with Crippen molar-refractivity contribution in [1.29, 1.82) is 0 Å². The minimum absolute atomic E-state index is 0.213. The van der Waals surface area contributed by atoms with Crippen molar-refractivity contribution in [1.82, 2.24) is 9.88 Å². The summed E-state index contributed by atoms with van der Waals surface area (Å²) in [5, 5.41) is 3.16. The predicted octanol–water partition coefficient (Wildman–Crippen LogP) is 6.18. The number of halogens is 1. The quantitative estimate of drug-likeness (QED) is 0.386. The standard InChI is InChI=1S/C26H18FN3OS/c27-21-4-3-5-22(17-21)28-26-29-25(31)24(32-26)16-18-6-8-19(9-7-18)20-10-12-23(13-11-20)30-14-1-2-15-30/h1-17H,(H,28,29,31)/b24-16+. The zero-order chi connectivity index (χ0) is 21.9. The van der Waals surface area contributed by atoms with Gasteiger partial charge in [-0.15, -0.1) is 0 Å². The Bertz CT molecular complexity index is 1320. The van der Waals surface area contributed by atoms with Gasteiger partial charge in [-0.3, -0.25) is 4.79 Å². The van der Waals surface area contributed by atoms with E-state index in [1.165, 1.54) is 23.9 Å². The lowest BCUT2D eigenvalue weighted by Crippen LogP contribution is -2.19. The molecule has 0 aliphatic carbocycles. The van der Waals surface area contributed by atoms with Crippen LogP contribution < -0.4 is 5.32 Å². The van der Waals surface area contributed by atoms with Crippen LogP contribution >= 0.6 is 11.8 Å². The highest BCUT2D eigenvalue weighted by molar-refractivity contribution is 8.18. The lowest BCUT2D eigenvalue weighted by atomic mass is 10.0. The van der Waals surface area contributed by atoms with E-state index in [0.717, 1.165) is 22.4 Å². The SMILES string of the molecule is O=C1NC(=Nc2cccc(F)c2)S/C1=C/c1ccc(-c2ccc(-n3cccc3)cc2)cc1. The van der Waals surface area contributed by atoms with Crippen molar-refractivity contribution in [2.45, 2.75) is 0 Å². The maximum absolute atomic E-state index is 13.3. The van der Waals surface area contributed by atoms with Crippen LogP contribution in [0.25, 0.3) is 22.9 Å². The number of amides is 1. The molecular formula is C26H18FN3OS. The highest BCUT2D eigenvalue weighted by Crippen LogP contribution is 2.29. The summed E-state index contributed by atoms with van der Waals surface area (Å²) < 4.78 is 15.4. The Morgan fingerprint density at radius 3 is 2.25 bits per heavy atom. The molecule has 32 heavy (non-hydrogen) atoms. The van der Waals surface area contributed by atoms with Crippen LogP contribution in [-0.2, 0) is 4.79 Å². The number of nitrogens with zero attached hydrogens (tertiary/aromatic N) is 2. The van der Waals surface area contributed by atoms with Gasteiger partial charge in [0, 0.05) is 18.1 Å². The molecule has 2 heterocycles. The fraction of sp³-hybridized carbons (Fsp3) is 0. The molecule has 4 nitrogen and oxygen atoms in total. The van der Waals surface area contributed by atoms with E-state index in [2.05, 4.69) is 39.1 Å². The fourth-order valence-corrected chi connectivity index (χ4v) is 4.24. The molecular weight excluding hydrogens is 421 g/mol. The topological polar surface area (TPSA) is 46.4 Å². The number of hydrogen-bond donors (Lipinski definition) is 1. The van der Waals surface area contributed by atoms with Gasteiger partial charge in [0.25, 0.3) is 5.91 Å². The van der Waals surface area contributed by atoms with Crippen molar-refractivity contribution in [2.75, 3.05) is 0 Å². The molecule has 0 spiro atoms. The molecule has 156 valence electrons. The van der Waals surface area contributed by atoms with Crippen molar-refractivity contribution in [3.05, 3.63) is 114 Å². The average molecular weight is 440 g/mol. The molecule has 1 aliphatic rings. The Labute approximate surface area is 189 Å². The molecule has 0 atom stereocenters. The van der Waals surface area contributed by atoms with E-state index in [9.17, 15) is 9.18 Å². The third kappa shape index (κ3) is 4.40. The Hall–Kier alpha value is -3.90. The lowest BCUT2D eigenvalue weighted by Gasteiger charge is -2.06. The number of thioether (sulfide) groups is 1. The molecule has 0 unspecified atom stereocenters. The molecule has 1 saturated heterocycles. The zero-order valence-corrected chi connectivity index (χ0v) is 17.7. The molecule has 3 aromatic carbocycles. The zero-order valence-electron chi connectivity index (χ0n) is 16.9. The summed E-state index contributed by atoms with van der Waals surface area (Å²) in [7, 11) is 0. The third-order valence-electron chi connectivity index (χ3n) is 5.00. The molecule has 0 saturated carbocycles. The van der Waals surface area contributed by atoms with Gasteiger partial charge in [-0.2, -0.15) is 0 Å². The van der Waals surface area contributed by atoms with Crippen LogP contribution in [0.3, 0.4) is 0 Å². The van der Waals surface area contributed by atoms with Gasteiger partial charge >= 0.3 is 0 Å². The maximum atomic E-state index is 13.3. The van der Waals surface area contributed by atoms with Crippen molar-refractivity contribution >= 4 is 34.6 Å². The second-order valence-corrected chi connectivity index (χ2v) is 8.25. The monoisotopic (exact) mass is 439 g/mol. The second kappa shape index (κ2) is 8.69. The molecule has 1 amide bonds. The number of carbonyl (C=O) groups excluding carboxylic acids is 1. The summed E-state index contributed by atoms with van der Waals surface area (Å²) in [5.74, 6) is -0.578. The summed E-state index contributed by atoms with van der Waals surface area (Å²) in [4.78, 5) is 17.2. The Morgan fingerprint density at radius 2 is 1.56 bits per heavy atom. The number of amidine groups is 1. The van der Waals surface area contributed by atoms with E-state index in [-0.39, 0.29) is 11.7 Å². The molecule has 6 heteroatoms. The smallest absolute Gasteiger partial charge is 0.264 e. The summed E-state index contributed by atoms with van der Waals surface area (Å²) in [6.07, 6.45) is 5.86. The summed E-state index contributed by atoms with van der Waals surface area (Å²) in [5.41, 5.74) is 4.71. The van der Waals surface area contributed by atoms with Gasteiger partial charge in [0.15, 0.2) is 5.17 Å². The molecule has 0 radical (unpaired) electrons. The van der Waals surface area contributed by atoms with Gasteiger partial charge < -0.3 is 9.88 Å². The minimum Gasteiger partial charge on any atom is -0.324 e. The largest absolute Gasteiger partial charge is 0.324 e. The first-order valence-electron chi connectivity index (χ1n) is 10.0. The van der Waals surface area contributed by atoms with Crippen LogP contribution in [0.4, 0.5) is 10.1 Å². The first-order valence-corrected chi connectivity index (χ1v) is 10.8. The molecule has 1 aromatic heterocycles. The molecule has 1 N–H and O–H groups in total. The predicted molar refractivity (Wildman–Crippen MR) is 128 cm³/mol. The number of aromatic nitrogens is 1. The Balaban J connectivity index is 1.31. The van der Waals surface area contributed by atoms with Gasteiger partial charge in [-0.05, 0) is 77.0 Å². The molecule has 5 rings (SSSR count). The first kappa shape index (κ1) is 20.0. The molecule has 1 fully saturated rings. The van der Waals surface area contributed by atoms with Crippen molar-refractivity contribution in [3.8, 4) is 16.8 Å². The van der Waals surface area contributed by atoms with E-state index >= 15 is 0 Å². The fourth-order valence-electron chi connectivity index (χ4n) is 3.40.